The third kappa shape index (κ3) is 3.08. The van der Waals surface area contributed by atoms with E-state index in [4.69, 9.17) is 10.5 Å². The molecule has 2 rings (SSSR count). The second-order valence-electron chi connectivity index (χ2n) is 3.82. The van der Waals surface area contributed by atoms with Gasteiger partial charge in [0.05, 0.1) is 11.3 Å². The predicted molar refractivity (Wildman–Crippen MR) is 71.7 cm³/mol. The third-order valence-corrected chi connectivity index (χ3v) is 3.26. The molecule has 0 bridgehead atoms. The van der Waals surface area contributed by atoms with E-state index in [9.17, 15) is 9.18 Å². The monoisotopic (exact) mass is 324 g/mol. The molecule has 0 radical (unpaired) electrons. The van der Waals surface area contributed by atoms with E-state index in [2.05, 4.69) is 20.9 Å². The van der Waals surface area contributed by atoms with Gasteiger partial charge in [0.25, 0.3) is 5.91 Å². The minimum Gasteiger partial charge on any atom is -0.439 e. The zero-order valence-corrected chi connectivity index (χ0v) is 11.6. The molecular formula is C13H10BrFN2O2. The Hall–Kier alpha value is -1.95. The van der Waals surface area contributed by atoms with E-state index >= 15 is 0 Å². The van der Waals surface area contributed by atoms with Gasteiger partial charge in [0, 0.05) is 16.6 Å². The Labute approximate surface area is 117 Å². The summed E-state index contributed by atoms with van der Waals surface area (Å²) in [5, 5.41) is 0. The van der Waals surface area contributed by atoms with Gasteiger partial charge in [-0.25, -0.2) is 9.37 Å². The number of primary amides is 1. The molecule has 0 unspecified atom stereocenters. The first kappa shape index (κ1) is 13.5. The van der Waals surface area contributed by atoms with Gasteiger partial charge in [-0.15, -0.1) is 0 Å². The molecule has 0 aliphatic carbocycles. The molecule has 2 aromatic rings. The average Bonchev–Trinajstić information content (AvgIpc) is 2.33. The van der Waals surface area contributed by atoms with E-state index in [1.807, 2.05) is 6.92 Å². The summed E-state index contributed by atoms with van der Waals surface area (Å²) in [4.78, 5) is 15.1. The molecule has 2 N–H and O–H groups in total. The number of ether oxygens (including phenoxy) is 1. The molecule has 0 aliphatic heterocycles. The van der Waals surface area contributed by atoms with Crippen LogP contribution in [0.1, 0.15) is 16.1 Å². The lowest BCUT2D eigenvalue weighted by Gasteiger charge is -2.07. The molecule has 0 saturated heterocycles. The Balaban J connectivity index is 2.26. The molecule has 4 nitrogen and oxygen atoms in total. The number of aryl methyl sites for hydroxylation is 1. The average molecular weight is 325 g/mol. The quantitative estimate of drug-likeness (QED) is 0.942. The maximum atomic E-state index is 13.5. The second kappa shape index (κ2) is 5.36. The van der Waals surface area contributed by atoms with Crippen molar-refractivity contribution in [3.05, 3.63) is 51.9 Å². The molecular weight excluding hydrogens is 315 g/mol. The van der Waals surface area contributed by atoms with Crippen molar-refractivity contribution in [2.75, 3.05) is 0 Å². The molecule has 0 aliphatic rings. The molecule has 1 amide bonds. The molecule has 1 aromatic carbocycles. The number of aromatic nitrogens is 1. The Morgan fingerprint density at radius 1 is 1.37 bits per heavy atom. The van der Waals surface area contributed by atoms with Crippen molar-refractivity contribution in [2.24, 2.45) is 5.73 Å². The standard InChI is InChI=1S/C13H10BrFN2O2/c1-7-10(14)4-5-12(17-7)19-8-2-3-9(13(16)18)11(15)6-8/h2-6H,1H3,(H2,16,18). The number of pyridine rings is 1. The largest absolute Gasteiger partial charge is 0.439 e. The van der Waals surface area contributed by atoms with Crippen LogP contribution in [0.15, 0.2) is 34.8 Å². The molecule has 19 heavy (non-hydrogen) atoms. The summed E-state index contributed by atoms with van der Waals surface area (Å²) in [6, 6.07) is 7.27. The van der Waals surface area contributed by atoms with E-state index in [0.717, 1.165) is 16.2 Å². The highest BCUT2D eigenvalue weighted by Crippen LogP contribution is 2.24. The molecule has 0 fully saturated rings. The fourth-order valence-electron chi connectivity index (χ4n) is 1.46. The molecule has 98 valence electrons. The number of benzene rings is 1. The van der Waals surface area contributed by atoms with Gasteiger partial charge in [-0.2, -0.15) is 0 Å². The van der Waals surface area contributed by atoms with Crippen LogP contribution in [0, 0.1) is 12.7 Å². The summed E-state index contributed by atoms with van der Waals surface area (Å²) in [5.74, 6) is -0.954. The van der Waals surface area contributed by atoms with Gasteiger partial charge in [-0.3, -0.25) is 4.79 Å². The van der Waals surface area contributed by atoms with Crippen LogP contribution < -0.4 is 10.5 Å². The molecule has 0 spiro atoms. The van der Waals surface area contributed by atoms with Crippen LogP contribution in [0.25, 0.3) is 0 Å². The van der Waals surface area contributed by atoms with Crippen molar-refractivity contribution in [2.45, 2.75) is 6.92 Å². The van der Waals surface area contributed by atoms with Gasteiger partial charge < -0.3 is 10.5 Å². The number of amides is 1. The fourth-order valence-corrected chi connectivity index (χ4v) is 1.68. The van der Waals surface area contributed by atoms with Crippen LogP contribution in [-0.4, -0.2) is 10.9 Å². The Kier molecular flexibility index (Phi) is 3.80. The van der Waals surface area contributed by atoms with Crippen LogP contribution >= 0.6 is 15.9 Å². The summed E-state index contributed by atoms with van der Waals surface area (Å²) in [7, 11) is 0. The second-order valence-corrected chi connectivity index (χ2v) is 4.68. The summed E-state index contributed by atoms with van der Waals surface area (Å²) >= 11 is 3.32. The highest BCUT2D eigenvalue weighted by molar-refractivity contribution is 9.10. The van der Waals surface area contributed by atoms with Crippen LogP contribution in [0.3, 0.4) is 0 Å². The SMILES string of the molecule is Cc1nc(Oc2ccc(C(N)=O)c(F)c2)ccc1Br. The van der Waals surface area contributed by atoms with Crippen LogP contribution in [-0.2, 0) is 0 Å². The number of hydrogen-bond donors (Lipinski definition) is 1. The lowest BCUT2D eigenvalue weighted by molar-refractivity contribution is 0.0996. The first-order valence-electron chi connectivity index (χ1n) is 5.37. The Morgan fingerprint density at radius 3 is 2.68 bits per heavy atom. The van der Waals surface area contributed by atoms with E-state index in [1.165, 1.54) is 12.1 Å². The number of halogens is 2. The number of hydrogen-bond acceptors (Lipinski definition) is 3. The molecule has 1 heterocycles. The van der Waals surface area contributed by atoms with Crippen molar-refractivity contribution in [1.29, 1.82) is 0 Å². The number of nitrogens with zero attached hydrogens (tertiary/aromatic N) is 1. The zero-order valence-electron chi connectivity index (χ0n) is 9.98. The highest BCUT2D eigenvalue weighted by atomic mass is 79.9. The number of rotatable bonds is 3. The van der Waals surface area contributed by atoms with E-state index in [1.54, 1.807) is 12.1 Å². The maximum absolute atomic E-state index is 13.5. The molecule has 1 aromatic heterocycles. The zero-order chi connectivity index (χ0) is 14.0. The van der Waals surface area contributed by atoms with E-state index < -0.39 is 11.7 Å². The summed E-state index contributed by atoms with van der Waals surface area (Å²) in [5.41, 5.74) is 5.60. The first-order valence-corrected chi connectivity index (χ1v) is 6.17. The van der Waals surface area contributed by atoms with Crippen molar-refractivity contribution >= 4 is 21.8 Å². The first-order chi connectivity index (χ1) is 8.97. The van der Waals surface area contributed by atoms with Crippen LogP contribution in [0.5, 0.6) is 11.6 Å². The minimum atomic E-state index is -0.818. The highest BCUT2D eigenvalue weighted by Gasteiger charge is 2.10. The van der Waals surface area contributed by atoms with Gasteiger partial charge in [0.2, 0.25) is 5.88 Å². The van der Waals surface area contributed by atoms with Gasteiger partial charge >= 0.3 is 0 Å². The Morgan fingerprint density at radius 2 is 2.11 bits per heavy atom. The maximum Gasteiger partial charge on any atom is 0.251 e. The topological polar surface area (TPSA) is 65.2 Å². The lowest BCUT2D eigenvalue weighted by Crippen LogP contribution is -2.12. The van der Waals surface area contributed by atoms with Crippen LogP contribution in [0.2, 0.25) is 0 Å². The molecule has 0 saturated carbocycles. The van der Waals surface area contributed by atoms with E-state index in [0.29, 0.717) is 5.88 Å². The fraction of sp³-hybridized carbons (Fsp3) is 0.0769. The Bertz CT molecular complexity index is 647. The lowest BCUT2D eigenvalue weighted by atomic mass is 10.2. The summed E-state index contributed by atoms with van der Waals surface area (Å²) < 4.78 is 19.8. The van der Waals surface area contributed by atoms with Gasteiger partial charge in [0.15, 0.2) is 0 Å². The molecule has 0 atom stereocenters. The molecule has 6 heteroatoms. The van der Waals surface area contributed by atoms with Crippen molar-refractivity contribution in [3.63, 3.8) is 0 Å². The summed E-state index contributed by atoms with van der Waals surface area (Å²) in [6.45, 7) is 1.81. The van der Waals surface area contributed by atoms with Gasteiger partial charge in [0.1, 0.15) is 11.6 Å². The number of carbonyl (C=O) groups excluding carboxylic acids is 1. The predicted octanol–water partition coefficient (Wildman–Crippen LogP) is 3.18. The summed E-state index contributed by atoms with van der Waals surface area (Å²) in [6.07, 6.45) is 0. The van der Waals surface area contributed by atoms with Crippen molar-refractivity contribution < 1.29 is 13.9 Å². The van der Waals surface area contributed by atoms with Gasteiger partial charge in [-0.1, -0.05) is 0 Å². The van der Waals surface area contributed by atoms with Gasteiger partial charge in [-0.05, 0) is 41.1 Å². The van der Waals surface area contributed by atoms with Crippen LogP contribution in [0.4, 0.5) is 4.39 Å². The number of nitrogens with two attached hydrogens (primary N) is 1. The third-order valence-electron chi connectivity index (χ3n) is 2.42. The van der Waals surface area contributed by atoms with Crippen molar-refractivity contribution in [1.82, 2.24) is 4.98 Å². The smallest absolute Gasteiger partial charge is 0.251 e. The van der Waals surface area contributed by atoms with Crippen molar-refractivity contribution in [3.8, 4) is 11.6 Å². The number of carbonyl (C=O) groups is 1. The normalized spacial score (nSPS) is 10.3. The van der Waals surface area contributed by atoms with E-state index in [-0.39, 0.29) is 11.3 Å². The minimum absolute atomic E-state index is 0.174.